The average molecular weight is 1050 g/mol. The lowest BCUT2D eigenvalue weighted by Crippen LogP contribution is -2.24. The van der Waals surface area contributed by atoms with Gasteiger partial charge in [0.2, 0.25) is 0 Å². The van der Waals surface area contributed by atoms with Crippen molar-refractivity contribution < 1.29 is 0 Å². The smallest absolute Gasteiger partial charge is 0.0464 e. The van der Waals surface area contributed by atoms with Gasteiger partial charge in [0.1, 0.15) is 0 Å². The topological polar surface area (TPSA) is 3.24 Å². The zero-order valence-electron chi connectivity index (χ0n) is 48.1. The first-order valence-corrected chi connectivity index (χ1v) is 32.2. The van der Waals surface area contributed by atoms with Crippen molar-refractivity contribution in [2.45, 2.75) is 140 Å². The molecular formula is C74H81NS2. The highest BCUT2D eigenvalue weighted by Crippen LogP contribution is 2.78. The summed E-state index contributed by atoms with van der Waals surface area (Å²) in [4.78, 5) is 6.99. The lowest BCUT2D eigenvalue weighted by atomic mass is 9.72. The van der Waals surface area contributed by atoms with Gasteiger partial charge in [0.15, 0.2) is 0 Å². The third kappa shape index (κ3) is 9.24. The summed E-state index contributed by atoms with van der Waals surface area (Å²) in [6.45, 7) is 25.4. The van der Waals surface area contributed by atoms with Gasteiger partial charge in [-0.1, -0.05) is 173 Å². The van der Waals surface area contributed by atoms with Crippen LogP contribution >= 0.6 is 20.5 Å². The average Bonchev–Trinajstić information content (AvgIpc) is 4.10. The summed E-state index contributed by atoms with van der Waals surface area (Å²) >= 11 is 2.06. The Hall–Kier alpha value is -6.39. The number of aryl methyl sites for hydroxylation is 5. The van der Waals surface area contributed by atoms with E-state index >= 15 is 0 Å². The molecule has 0 radical (unpaired) electrons. The third-order valence-corrected chi connectivity index (χ3v) is 25.8. The molecule has 0 fully saturated rings. The molecular weight excluding hydrogens is 967 g/mol. The second-order valence-corrected chi connectivity index (χ2v) is 28.9. The van der Waals surface area contributed by atoms with Crippen molar-refractivity contribution in [1.82, 2.24) is 0 Å². The van der Waals surface area contributed by atoms with Gasteiger partial charge in [-0.3, -0.25) is 0 Å². The molecule has 0 bridgehead atoms. The monoisotopic (exact) mass is 1050 g/mol. The maximum atomic E-state index is 2.69. The van der Waals surface area contributed by atoms with Crippen molar-refractivity contribution >= 4 is 55.5 Å². The Morgan fingerprint density at radius 3 is 1.84 bits per heavy atom. The Bertz CT molecular complexity index is 3620. The van der Waals surface area contributed by atoms with E-state index in [0.717, 1.165) is 43.6 Å². The van der Waals surface area contributed by atoms with Gasteiger partial charge in [-0.2, -0.15) is 8.75 Å². The van der Waals surface area contributed by atoms with E-state index in [2.05, 4.69) is 287 Å². The van der Waals surface area contributed by atoms with Crippen LogP contribution in [0.25, 0.3) is 29.4 Å². The van der Waals surface area contributed by atoms with Crippen LogP contribution < -0.4 is 4.90 Å². The largest absolute Gasteiger partial charge is 0.311 e. The molecule has 0 N–H and O–H groups in total. The van der Waals surface area contributed by atoms with Crippen LogP contribution in [-0.2, 0) is 10.8 Å². The highest BCUT2D eigenvalue weighted by molar-refractivity contribution is 8.52. The molecule has 4 aliphatic rings. The van der Waals surface area contributed by atoms with E-state index in [1.807, 2.05) is 0 Å². The van der Waals surface area contributed by atoms with Crippen molar-refractivity contribution in [2.24, 2.45) is 0 Å². The van der Waals surface area contributed by atoms with Gasteiger partial charge in [-0.15, -0.1) is 11.8 Å². The van der Waals surface area contributed by atoms with E-state index in [-0.39, 0.29) is 10.8 Å². The number of rotatable bonds is 15. The Balaban J connectivity index is 0.996. The van der Waals surface area contributed by atoms with Crippen LogP contribution in [-0.4, -0.2) is 16.7 Å². The molecule has 1 heterocycles. The molecule has 0 aromatic heterocycles. The number of anilines is 2. The Morgan fingerprint density at radius 1 is 0.610 bits per heavy atom. The number of fused-ring (bicyclic) bond motifs is 5. The Kier molecular flexibility index (Phi) is 15.0. The van der Waals surface area contributed by atoms with Gasteiger partial charge in [0.25, 0.3) is 0 Å². The lowest BCUT2D eigenvalue weighted by molar-refractivity contribution is 0.486. The van der Waals surface area contributed by atoms with Crippen molar-refractivity contribution in [3.63, 3.8) is 0 Å². The van der Waals surface area contributed by atoms with Crippen molar-refractivity contribution in [1.29, 1.82) is 0 Å². The molecule has 1 aliphatic heterocycles. The number of thioether (sulfide) groups is 1. The molecule has 0 saturated heterocycles. The minimum atomic E-state index is -2.52. The molecule has 6 aromatic rings. The van der Waals surface area contributed by atoms with Crippen LogP contribution in [0.4, 0.5) is 11.4 Å². The molecule has 0 unspecified atom stereocenters. The minimum absolute atomic E-state index is 0.0696. The number of nitrogens with zero attached hydrogens (tertiary/aromatic N) is 1. The predicted molar refractivity (Wildman–Crippen MR) is 343 cm³/mol. The van der Waals surface area contributed by atoms with Gasteiger partial charge in [0.05, 0.1) is 0 Å². The third-order valence-electron chi connectivity index (χ3n) is 17.8. The molecule has 3 aliphatic carbocycles. The molecule has 10 rings (SSSR count). The zero-order chi connectivity index (χ0) is 54.3. The number of hydrogen-bond acceptors (Lipinski definition) is 2. The van der Waals surface area contributed by atoms with E-state index in [0.29, 0.717) is 0 Å². The van der Waals surface area contributed by atoms with Crippen molar-refractivity contribution in [2.75, 3.05) is 16.2 Å². The SMILES string of the molecule is C\C=C/C(=C\C=S1(C)(c2c(C)cc(C)cc2C)CSc2cc(C)cc(C)c21)C(/C=C\C)=C/C1=Cc2ccc(/C=C/c3ccc4c(c3)C(CC)(CC)c3cc(N(C5=CCCC=C5)c5ccccc5)ccc3-4)cc2C1(CC)CC. The lowest BCUT2D eigenvalue weighted by Gasteiger charge is -2.46. The van der Waals surface area contributed by atoms with E-state index in [1.165, 1.54) is 116 Å². The summed E-state index contributed by atoms with van der Waals surface area (Å²) in [5.74, 6) is 0. The van der Waals surface area contributed by atoms with Gasteiger partial charge in [-0.25, -0.2) is 0 Å². The molecule has 3 heteroatoms. The quantitative estimate of drug-likeness (QED) is 0.0436. The Morgan fingerprint density at radius 2 is 1.21 bits per heavy atom. The molecule has 0 atom stereocenters. The zero-order valence-corrected chi connectivity index (χ0v) is 49.7. The molecule has 1 nitrogen and oxygen atoms in total. The van der Waals surface area contributed by atoms with E-state index in [4.69, 9.17) is 0 Å². The molecule has 0 saturated carbocycles. The molecule has 77 heavy (non-hydrogen) atoms. The fraction of sp³-hybridized carbons (Fsp3) is 0.284. The fourth-order valence-electron chi connectivity index (χ4n) is 14.3. The standard InChI is InChI=1S/C74H81NS2/c1-13-25-58(39-40-77(12,71-53(9)41-51(7)42-54(71)10)50-76-70-44-52(8)43-55(11)72(70)77)59(26-14-2)47-61-48-60-35-33-56(45-67(60)73(61,15-3)16-4)31-32-57-34-37-65-66-38-36-64(49-69(66)74(17-5,18-6)68(65)46-57)75(62-27-21-19-22-28-62)63-29-23-20-24-30-63/h13-14,19,21-23,25-49H,15-18,20,24,50H2,1-12H3/b25-13-,26-14-,32-31+,58-39+,59-47+. The first-order chi connectivity index (χ1) is 37.2. The van der Waals surface area contributed by atoms with Crippen LogP contribution in [0, 0.1) is 34.6 Å². The second kappa shape index (κ2) is 21.4. The number of benzene rings is 6. The van der Waals surface area contributed by atoms with E-state index in [1.54, 1.807) is 4.90 Å². The van der Waals surface area contributed by atoms with Gasteiger partial charge in [0, 0.05) is 42.8 Å². The van der Waals surface area contributed by atoms with Gasteiger partial charge < -0.3 is 4.90 Å². The summed E-state index contributed by atoms with van der Waals surface area (Å²) < 4.78 is 0. The van der Waals surface area contributed by atoms with Crippen LogP contribution in [0.15, 0.2) is 201 Å². The normalized spacial score (nSPS) is 18.2. The molecule has 394 valence electrons. The van der Waals surface area contributed by atoms with Crippen LogP contribution in [0.5, 0.6) is 0 Å². The Labute approximate surface area is 467 Å². The van der Waals surface area contributed by atoms with Crippen molar-refractivity contribution in [3.05, 3.63) is 247 Å². The molecule has 0 spiro atoms. The van der Waals surface area contributed by atoms with Crippen LogP contribution in [0.1, 0.15) is 141 Å². The summed E-state index contributed by atoms with van der Waals surface area (Å²) in [6, 6.07) is 42.2. The first-order valence-electron chi connectivity index (χ1n) is 28.5. The molecule has 0 amide bonds. The van der Waals surface area contributed by atoms with Crippen LogP contribution in [0.2, 0.25) is 0 Å². The summed E-state index contributed by atoms with van der Waals surface area (Å²) in [5, 5.41) is 3.74. The number of hydrogen-bond donors (Lipinski definition) is 0. The number of allylic oxidation sites excluding steroid dienone is 12. The van der Waals surface area contributed by atoms with Gasteiger partial charge >= 0.3 is 0 Å². The maximum Gasteiger partial charge on any atom is 0.0464 e. The van der Waals surface area contributed by atoms with Gasteiger partial charge in [-0.05, 0) is 229 Å². The summed E-state index contributed by atoms with van der Waals surface area (Å²) in [5.41, 5.74) is 25.2. The maximum absolute atomic E-state index is 2.69. The summed E-state index contributed by atoms with van der Waals surface area (Å²) in [7, 11) is -2.52. The summed E-state index contributed by atoms with van der Waals surface area (Å²) in [6.07, 6.45) is 37.2. The van der Waals surface area contributed by atoms with E-state index in [9.17, 15) is 0 Å². The molecule has 6 aromatic carbocycles. The predicted octanol–water partition coefficient (Wildman–Crippen LogP) is 21.3. The highest BCUT2D eigenvalue weighted by atomic mass is 32.3. The van der Waals surface area contributed by atoms with Crippen molar-refractivity contribution in [3.8, 4) is 11.1 Å². The highest BCUT2D eigenvalue weighted by Gasteiger charge is 2.44. The van der Waals surface area contributed by atoms with Crippen LogP contribution in [0.3, 0.4) is 0 Å². The number of para-hydroxylation sites is 1. The first kappa shape index (κ1) is 54.0. The fourth-order valence-corrected chi connectivity index (χ4v) is 23.2. The van der Waals surface area contributed by atoms with E-state index < -0.39 is 8.75 Å². The second-order valence-electron chi connectivity index (χ2n) is 22.7. The minimum Gasteiger partial charge on any atom is -0.311 e.